The van der Waals surface area contributed by atoms with Gasteiger partial charge in [0.25, 0.3) is 0 Å². The first-order chi connectivity index (χ1) is 21.3. The van der Waals surface area contributed by atoms with E-state index in [9.17, 15) is 0 Å². The highest BCUT2D eigenvalue weighted by atomic mass is 16.3. The molecule has 0 aliphatic carbocycles. The fraction of sp³-hybridized carbons (Fsp3) is 0. The van der Waals surface area contributed by atoms with Crippen LogP contribution in [0, 0.1) is 0 Å². The Morgan fingerprint density at radius 3 is 1.98 bits per heavy atom. The van der Waals surface area contributed by atoms with Crippen molar-refractivity contribution in [3.05, 3.63) is 158 Å². The molecule has 0 unspecified atom stereocenters. The molecule has 0 atom stereocenters. The van der Waals surface area contributed by atoms with Crippen LogP contribution in [0.2, 0.25) is 0 Å². The van der Waals surface area contributed by atoms with Gasteiger partial charge in [0.1, 0.15) is 5.58 Å². The smallest absolute Gasteiger partial charge is 0.159 e. The predicted octanol–water partition coefficient (Wildman–Crippen LogP) is 11.3. The number of fused-ring (bicyclic) bond motifs is 8. The molecule has 9 aromatic rings. The molecule has 202 valence electrons. The maximum absolute atomic E-state index is 6.48. The molecule has 0 aliphatic heterocycles. The van der Waals surface area contributed by atoms with E-state index in [0.717, 1.165) is 44.7 Å². The molecular formula is C40H26N2O. The first-order valence-corrected chi connectivity index (χ1v) is 14.6. The van der Waals surface area contributed by atoms with Crippen molar-refractivity contribution < 1.29 is 4.42 Å². The number of benzene rings is 7. The van der Waals surface area contributed by atoms with Crippen LogP contribution in [0.5, 0.6) is 0 Å². The number of furan rings is 1. The summed E-state index contributed by atoms with van der Waals surface area (Å²) in [5, 5.41) is 7.33. The number of hydrogen-bond donors (Lipinski definition) is 0. The third kappa shape index (κ3) is 3.62. The Kier molecular flexibility index (Phi) is 5.20. The van der Waals surface area contributed by atoms with E-state index in [1.165, 1.54) is 32.6 Å². The Labute approximate surface area is 248 Å². The SMILES string of the molecule is c1ccc(N(c2ccc(-n3c4ccccc4c4c5ccccc5ccc43)cc2)c2cccc3c2oc2ccccc23)cc1. The Balaban J connectivity index is 1.25. The monoisotopic (exact) mass is 550 g/mol. The molecule has 0 saturated heterocycles. The zero-order valence-electron chi connectivity index (χ0n) is 23.3. The molecule has 0 radical (unpaired) electrons. The average molecular weight is 551 g/mol. The van der Waals surface area contributed by atoms with Crippen LogP contribution in [0.15, 0.2) is 162 Å². The van der Waals surface area contributed by atoms with Crippen LogP contribution in [0.1, 0.15) is 0 Å². The molecule has 0 aliphatic rings. The van der Waals surface area contributed by atoms with Gasteiger partial charge in [-0.05, 0) is 71.4 Å². The summed E-state index contributed by atoms with van der Waals surface area (Å²) in [5.41, 5.74) is 8.46. The van der Waals surface area contributed by atoms with Crippen LogP contribution in [-0.4, -0.2) is 4.57 Å². The fourth-order valence-corrected chi connectivity index (χ4v) is 6.68. The summed E-state index contributed by atoms with van der Waals surface area (Å²) in [4.78, 5) is 2.29. The largest absolute Gasteiger partial charge is 0.454 e. The number of rotatable bonds is 4. The highest BCUT2D eigenvalue weighted by molar-refractivity contribution is 6.21. The number of anilines is 3. The topological polar surface area (TPSA) is 21.3 Å². The minimum Gasteiger partial charge on any atom is -0.454 e. The Morgan fingerprint density at radius 2 is 1.12 bits per heavy atom. The van der Waals surface area contributed by atoms with Gasteiger partial charge in [-0.25, -0.2) is 0 Å². The van der Waals surface area contributed by atoms with Crippen molar-refractivity contribution in [2.45, 2.75) is 0 Å². The zero-order chi connectivity index (χ0) is 28.3. The van der Waals surface area contributed by atoms with Gasteiger partial charge in [0.15, 0.2) is 5.58 Å². The van der Waals surface area contributed by atoms with Gasteiger partial charge >= 0.3 is 0 Å². The second-order valence-corrected chi connectivity index (χ2v) is 11.0. The quantitative estimate of drug-likeness (QED) is 0.217. The average Bonchev–Trinajstić information content (AvgIpc) is 3.63. The van der Waals surface area contributed by atoms with Crippen LogP contribution < -0.4 is 4.90 Å². The summed E-state index contributed by atoms with van der Waals surface area (Å²) in [6.07, 6.45) is 0. The molecule has 2 heterocycles. The van der Waals surface area contributed by atoms with Crippen molar-refractivity contribution in [3.63, 3.8) is 0 Å². The van der Waals surface area contributed by atoms with Gasteiger partial charge in [0, 0.05) is 38.6 Å². The van der Waals surface area contributed by atoms with E-state index in [1.54, 1.807) is 0 Å². The van der Waals surface area contributed by atoms with Crippen molar-refractivity contribution in [2.24, 2.45) is 0 Å². The molecule has 7 aromatic carbocycles. The molecule has 0 N–H and O–H groups in total. The Bertz CT molecular complexity index is 2450. The summed E-state index contributed by atoms with van der Waals surface area (Å²) in [6, 6.07) is 55.9. The minimum atomic E-state index is 0.880. The summed E-state index contributed by atoms with van der Waals surface area (Å²) in [7, 11) is 0. The third-order valence-corrected chi connectivity index (χ3v) is 8.57. The summed E-state index contributed by atoms with van der Waals surface area (Å²) >= 11 is 0. The van der Waals surface area contributed by atoms with Gasteiger partial charge < -0.3 is 13.9 Å². The van der Waals surface area contributed by atoms with Crippen molar-refractivity contribution >= 4 is 71.6 Å². The summed E-state index contributed by atoms with van der Waals surface area (Å²) < 4.78 is 8.86. The summed E-state index contributed by atoms with van der Waals surface area (Å²) in [6.45, 7) is 0. The molecule has 3 nitrogen and oxygen atoms in total. The standard InChI is InChI=1S/C40H26N2O/c1-2-12-28(13-3-1)41(37-19-10-17-33-32-15-7-9-20-38(32)43-40(33)37)29-22-24-30(25-23-29)42-35-18-8-6-16-34(35)39-31-14-5-4-11-27(31)21-26-36(39)42/h1-26H. The van der Waals surface area contributed by atoms with Gasteiger partial charge in [-0.3, -0.25) is 0 Å². The van der Waals surface area contributed by atoms with E-state index >= 15 is 0 Å². The van der Waals surface area contributed by atoms with Gasteiger partial charge in [-0.15, -0.1) is 0 Å². The second kappa shape index (κ2) is 9.37. The maximum Gasteiger partial charge on any atom is 0.159 e. The molecular weight excluding hydrogens is 524 g/mol. The lowest BCUT2D eigenvalue weighted by atomic mass is 10.0. The molecule has 0 spiro atoms. The number of nitrogens with zero attached hydrogens (tertiary/aromatic N) is 2. The van der Waals surface area contributed by atoms with E-state index in [0.29, 0.717) is 0 Å². The van der Waals surface area contributed by atoms with Gasteiger partial charge in [0.2, 0.25) is 0 Å². The number of aromatic nitrogens is 1. The van der Waals surface area contributed by atoms with E-state index in [-0.39, 0.29) is 0 Å². The van der Waals surface area contributed by atoms with Crippen LogP contribution in [0.3, 0.4) is 0 Å². The molecule has 2 aromatic heterocycles. The van der Waals surface area contributed by atoms with Crippen LogP contribution in [0.4, 0.5) is 17.1 Å². The molecule has 0 bridgehead atoms. The van der Waals surface area contributed by atoms with Crippen molar-refractivity contribution in [2.75, 3.05) is 4.90 Å². The lowest BCUT2D eigenvalue weighted by molar-refractivity contribution is 0.669. The van der Waals surface area contributed by atoms with E-state index in [4.69, 9.17) is 4.42 Å². The fourth-order valence-electron chi connectivity index (χ4n) is 6.68. The van der Waals surface area contributed by atoms with Crippen LogP contribution in [-0.2, 0) is 0 Å². The first kappa shape index (κ1) is 23.9. The predicted molar refractivity (Wildman–Crippen MR) is 180 cm³/mol. The lowest BCUT2D eigenvalue weighted by Gasteiger charge is -2.25. The molecule has 0 fully saturated rings. The second-order valence-electron chi connectivity index (χ2n) is 11.0. The molecule has 43 heavy (non-hydrogen) atoms. The third-order valence-electron chi connectivity index (χ3n) is 8.57. The Morgan fingerprint density at radius 1 is 0.442 bits per heavy atom. The first-order valence-electron chi connectivity index (χ1n) is 14.6. The maximum atomic E-state index is 6.48. The Hall–Kier alpha value is -5.80. The number of para-hydroxylation sites is 4. The van der Waals surface area contributed by atoms with E-state index in [1.807, 2.05) is 12.1 Å². The summed E-state index contributed by atoms with van der Waals surface area (Å²) in [5.74, 6) is 0. The van der Waals surface area contributed by atoms with Crippen LogP contribution >= 0.6 is 0 Å². The van der Waals surface area contributed by atoms with Crippen LogP contribution in [0.25, 0.3) is 60.2 Å². The molecule has 9 rings (SSSR count). The molecule has 0 amide bonds. The van der Waals surface area contributed by atoms with Crippen molar-refractivity contribution in [1.29, 1.82) is 0 Å². The zero-order valence-corrected chi connectivity index (χ0v) is 23.3. The number of hydrogen-bond acceptors (Lipinski definition) is 2. The highest BCUT2D eigenvalue weighted by Crippen LogP contribution is 2.43. The van der Waals surface area contributed by atoms with Crippen molar-refractivity contribution in [3.8, 4) is 5.69 Å². The van der Waals surface area contributed by atoms with Gasteiger partial charge in [-0.1, -0.05) is 97.1 Å². The highest BCUT2D eigenvalue weighted by Gasteiger charge is 2.20. The van der Waals surface area contributed by atoms with E-state index in [2.05, 4.69) is 155 Å². The lowest BCUT2D eigenvalue weighted by Crippen LogP contribution is -2.10. The van der Waals surface area contributed by atoms with Crippen molar-refractivity contribution in [1.82, 2.24) is 4.57 Å². The molecule has 0 saturated carbocycles. The molecule has 3 heteroatoms. The van der Waals surface area contributed by atoms with E-state index < -0.39 is 0 Å². The minimum absolute atomic E-state index is 0.880. The van der Waals surface area contributed by atoms with Gasteiger partial charge in [0.05, 0.1) is 16.7 Å². The normalized spacial score (nSPS) is 11.7. The van der Waals surface area contributed by atoms with Gasteiger partial charge in [-0.2, -0.15) is 0 Å².